The number of pyridine rings is 1. The van der Waals surface area contributed by atoms with Crippen molar-refractivity contribution in [3.63, 3.8) is 0 Å². The summed E-state index contributed by atoms with van der Waals surface area (Å²) in [5.41, 5.74) is 0. The summed E-state index contributed by atoms with van der Waals surface area (Å²) in [7, 11) is -1.94. The molecule has 1 rings (SSSR count). The predicted octanol–water partition coefficient (Wildman–Crippen LogP) is 0.655. The minimum absolute atomic E-state index is 0.0864. The highest BCUT2D eigenvalue weighted by atomic mass is 32.2. The molecule has 0 bridgehead atoms. The fourth-order valence-corrected chi connectivity index (χ4v) is 1.16. The molecule has 1 heterocycles. The standard InChI is InChI=1S/C7H8NO3S/c1-11-7-4-3-6(5-8-7)12(2,9)10/h3-5H,2H2,1H3. The third-order valence-electron chi connectivity index (χ3n) is 1.28. The Morgan fingerprint density at radius 2 is 2.17 bits per heavy atom. The number of rotatable bonds is 2. The number of nitrogens with zero attached hydrogens (tertiary/aromatic N) is 1. The van der Waals surface area contributed by atoms with Crippen molar-refractivity contribution in [2.75, 3.05) is 7.11 Å². The summed E-state index contributed by atoms with van der Waals surface area (Å²) < 4.78 is 26.4. The third-order valence-corrected chi connectivity index (χ3v) is 2.24. The van der Waals surface area contributed by atoms with Gasteiger partial charge >= 0.3 is 0 Å². The lowest BCUT2D eigenvalue weighted by Crippen LogP contribution is -1.95. The number of sulfone groups is 1. The summed E-state index contributed by atoms with van der Waals surface area (Å²) in [5, 5.41) is 0. The maximum Gasteiger partial charge on any atom is 0.212 e. The molecule has 0 amide bonds. The zero-order valence-electron chi connectivity index (χ0n) is 6.52. The summed E-state index contributed by atoms with van der Waals surface area (Å²) in [6.45, 7) is 0. The van der Waals surface area contributed by atoms with Crippen molar-refractivity contribution >= 4 is 9.84 Å². The number of methoxy groups -OCH3 is 1. The van der Waals surface area contributed by atoms with Crippen LogP contribution >= 0.6 is 0 Å². The van der Waals surface area contributed by atoms with Crippen molar-refractivity contribution in [2.24, 2.45) is 0 Å². The first-order valence-corrected chi connectivity index (χ1v) is 4.77. The van der Waals surface area contributed by atoms with E-state index in [4.69, 9.17) is 4.74 Å². The molecule has 5 heteroatoms. The number of hydrogen-bond donors (Lipinski definition) is 0. The minimum Gasteiger partial charge on any atom is -0.481 e. The lowest BCUT2D eigenvalue weighted by molar-refractivity contribution is 0.397. The normalized spacial score (nSPS) is 11.2. The highest BCUT2D eigenvalue weighted by molar-refractivity contribution is 7.92. The van der Waals surface area contributed by atoms with Crippen LogP contribution in [0.1, 0.15) is 0 Å². The molecular formula is C7H8NO3S. The highest BCUT2D eigenvalue weighted by Crippen LogP contribution is 2.11. The lowest BCUT2D eigenvalue weighted by atomic mass is 10.5. The Bertz CT molecular complexity index is 355. The molecule has 0 saturated carbocycles. The molecule has 0 atom stereocenters. The molecule has 0 spiro atoms. The summed E-state index contributed by atoms with van der Waals surface area (Å²) in [6.07, 6.45) is 4.20. The summed E-state index contributed by atoms with van der Waals surface area (Å²) >= 11 is 0. The van der Waals surface area contributed by atoms with Gasteiger partial charge in [-0.1, -0.05) is 0 Å². The Labute approximate surface area is 71.1 Å². The largest absolute Gasteiger partial charge is 0.481 e. The van der Waals surface area contributed by atoms with E-state index in [0.717, 1.165) is 0 Å². The van der Waals surface area contributed by atoms with Gasteiger partial charge in [0, 0.05) is 12.3 Å². The first-order valence-electron chi connectivity index (χ1n) is 3.12. The van der Waals surface area contributed by atoms with E-state index in [0.29, 0.717) is 5.88 Å². The van der Waals surface area contributed by atoms with Crippen LogP contribution in [0.15, 0.2) is 23.2 Å². The quantitative estimate of drug-likeness (QED) is 0.680. The maximum atomic E-state index is 10.8. The van der Waals surface area contributed by atoms with E-state index < -0.39 is 9.84 Å². The predicted molar refractivity (Wildman–Crippen MR) is 43.3 cm³/mol. The van der Waals surface area contributed by atoms with E-state index in [1.165, 1.54) is 25.4 Å². The minimum atomic E-state index is -3.40. The van der Waals surface area contributed by atoms with Gasteiger partial charge in [-0.25, -0.2) is 13.4 Å². The van der Waals surface area contributed by atoms with E-state index in [9.17, 15) is 8.42 Å². The monoisotopic (exact) mass is 186 g/mol. The van der Waals surface area contributed by atoms with Crippen molar-refractivity contribution < 1.29 is 13.2 Å². The van der Waals surface area contributed by atoms with E-state index in [-0.39, 0.29) is 4.90 Å². The van der Waals surface area contributed by atoms with Crippen LogP contribution in [0.2, 0.25) is 0 Å². The average Bonchev–Trinajstić information content (AvgIpc) is 2.03. The summed E-state index contributed by atoms with van der Waals surface area (Å²) in [4.78, 5) is 3.81. The van der Waals surface area contributed by atoms with Gasteiger partial charge in [0.1, 0.15) is 0 Å². The van der Waals surface area contributed by atoms with Crippen molar-refractivity contribution in [1.82, 2.24) is 4.98 Å². The van der Waals surface area contributed by atoms with Gasteiger partial charge in [-0.15, -0.1) is 0 Å². The zero-order valence-corrected chi connectivity index (χ0v) is 7.34. The molecule has 1 radical (unpaired) electrons. The third kappa shape index (κ3) is 1.94. The molecule has 0 aliphatic carbocycles. The van der Waals surface area contributed by atoms with E-state index in [1.807, 2.05) is 0 Å². The zero-order chi connectivity index (χ0) is 9.19. The van der Waals surface area contributed by atoms with Crippen LogP contribution in [-0.4, -0.2) is 20.5 Å². The Hall–Kier alpha value is -1.10. The van der Waals surface area contributed by atoms with Crippen LogP contribution in [0.4, 0.5) is 0 Å². The highest BCUT2D eigenvalue weighted by Gasteiger charge is 2.06. The van der Waals surface area contributed by atoms with Crippen LogP contribution in [-0.2, 0) is 9.84 Å². The van der Waals surface area contributed by atoms with Gasteiger partial charge in [0.15, 0.2) is 9.84 Å². The molecule has 0 aliphatic heterocycles. The number of aromatic nitrogens is 1. The van der Waals surface area contributed by atoms with Gasteiger partial charge in [0.25, 0.3) is 0 Å². The molecular weight excluding hydrogens is 178 g/mol. The van der Waals surface area contributed by atoms with Gasteiger partial charge in [-0.2, -0.15) is 0 Å². The molecule has 0 saturated heterocycles. The van der Waals surface area contributed by atoms with Gasteiger partial charge in [0.05, 0.1) is 18.3 Å². The second kappa shape index (κ2) is 3.10. The molecule has 0 aromatic carbocycles. The molecule has 0 fully saturated rings. The van der Waals surface area contributed by atoms with E-state index in [2.05, 4.69) is 11.2 Å². The Kier molecular flexibility index (Phi) is 2.32. The first kappa shape index (κ1) is 8.99. The topological polar surface area (TPSA) is 56.3 Å². The lowest BCUT2D eigenvalue weighted by Gasteiger charge is -1.99. The van der Waals surface area contributed by atoms with E-state index in [1.54, 1.807) is 0 Å². The molecule has 65 valence electrons. The van der Waals surface area contributed by atoms with Crippen LogP contribution in [0.25, 0.3) is 0 Å². The van der Waals surface area contributed by atoms with Crippen molar-refractivity contribution in [3.8, 4) is 5.88 Å². The Balaban J connectivity index is 3.09. The molecule has 4 nitrogen and oxygen atoms in total. The van der Waals surface area contributed by atoms with Crippen molar-refractivity contribution in [2.45, 2.75) is 4.90 Å². The van der Waals surface area contributed by atoms with Crippen LogP contribution in [0.3, 0.4) is 0 Å². The smallest absolute Gasteiger partial charge is 0.212 e. The van der Waals surface area contributed by atoms with Gasteiger partial charge in [-0.05, 0) is 6.07 Å². The molecule has 12 heavy (non-hydrogen) atoms. The summed E-state index contributed by atoms with van der Waals surface area (Å²) in [6, 6.07) is 2.87. The summed E-state index contributed by atoms with van der Waals surface area (Å²) in [5.74, 6) is 0.377. The Morgan fingerprint density at radius 3 is 2.50 bits per heavy atom. The van der Waals surface area contributed by atoms with Gasteiger partial charge < -0.3 is 4.74 Å². The van der Waals surface area contributed by atoms with Gasteiger partial charge in [-0.3, -0.25) is 0 Å². The SMILES string of the molecule is [CH2]S(=O)(=O)c1ccc(OC)nc1. The van der Waals surface area contributed by atoms with Crippen LogP contribution < -0.4 is 4.74 Å². The van der Waals surface area contributed by atoms with Gasteiger partial charge in [0.2, 0.25) is 5.88 Å². The fraction of sp³-hybridized carbons (Fsp3) is 0.143. The Morgan fingerprint density at radius 1 is 1.50 bits per heavy atom. The fourth-order valence-electron chi connectivity index (χ4n) is 0.671. The van der Waals surface area contributed by atoms with E-state index >= 15 is 0 Å². The molecule has 0 aliphatic rings. The maximum absolute atomic E-state index is 10.8. The number of hydrogen-bond acceptors (Lipinski definition) is 4. The van der Waals surface area contributed by atoms with Crippen LogP contribution in [0, 0.1) is 6.26 Å². The molecule has 0 unspecified atom stereocenters. The molecule has 1 aromatic rings. The van der Waals surface area contributed by atoms with Crippen LogP contribution in [0.5, 0.6) is 5.88 Å². The van der Waals surface area contributed by atoms with Crippen molar-refractivity contribution in [1.29, 1.82) is 0 Å². The molecule has 1 aromatic heterocycles. The first-order chi connectivity index (χ1) is 5.54. The average molecular weight is 186 g/mol. The number of ether oxygens (including phenoxy) is 1. The molecule has 0 N–H and O–H groups in total. The second-order valence-corrected chi connectivity index (χ2v) is 3.85. The van der Waals surface area contributed by atoms with Crippen molar-refractivity contribution in [3.05, 3.63) is 24.6 Å². The second-order valence-electron chi connectivity index (χ2n) is 2.15.